The SMILES string of the molecule is COc1ccc(CNc2cncc(C(N)=O)n2)cc1F. The molecule has 0 bridgehead atoms. The normalized spacial score (nSPS) is 10.1. The fourth-order valence-electron chi connectivity index (χ4n) is 1.58. The average molecular weight is 276 g/mol. The standard InChI is InChI=1S/C13H13FN4O2/c1-20-11-3-2-8(4-9(11)14)5-17-12-7-16-6-10(18-12)13(15)19/h2-4,6-7H,5H2,1H3,(H2,15,19)(H,17,18). The first-order valence-electron chi connectivity index (χ1n) is 5.78. The summed E-state index contributed by atoms with van der Waals surface area (Å²) in [5, 5.41) is 2.93. The maximum atomic E-state index is 13.5. The number of methoxy groups -OCH3 is 1. The molecule has 0 saturated carbocycles. The Morgan fingerprint density at radius 1 is 1.45 bits per heavy atom. The first kappa shape index (κ1) is 13.7. The number of anilines is 1. The van der Waals surface area contributed by atoms with E-state index in [2.05, 4.69) is 15.3 Å². The van der Waals surface area contributed by atoms with Crippen molar-refractivity contribution in [3.8, 4) is 5.75 Å². The molecule has 3 N–H and O–H groups in total. The number of amides is 1. The van der Waals surface area contributed by atoms with Crippen molar-refractivity contribution in [2.24, 2.45) is 5.73 Å². The van der Waals surface area contributed by atoms with Gasteiger partial charge >= 0.3 is 0 Å². The lowest BCUT2D eigenvalue weighted by atomic mass is 10.2. The fourth-order valence-corrected chi connectivity index (χ4v) is 1.58. The highest BCUT2D eigenvalue weighted by Crippen LogP contribution is 2.18. The monoisotopic (exact) mass is 276 g/mol. The van der Waals surface area contributed by atoms with Crippen molar-refractivity contribution in [3.05, 3.63) is 47.7 Å². The van der Waals surface area contributed by atoms with E-state index in [0.29, 0.717) is 17.9 Å². The molecule has 1 aromatic heterocycles. The number of aromatic nitrogens is 2. The van der Waals surface area contributed by atoms with Gasteiger partial charge in [-0.1, -0.05) is 6.07 Å². The molecule has 0 aliphatic heterocycles. The molecule has 0 atom stereocenters. The van der Waals surface area contributed by atoms with Gasteiger partial charge in [-0.05, 0) is 17.7 Å². The lowest BCUT2D eigenvalue weighted by Gasteiger charge is -2.07. The molecular formula is C13H13FN4O2. The van der Waals surface area contributed by atoms with Crippen molar-refractivity contribution in [2.45, 2.75) is 6.54 Å². The fraction of sp³-hybridized carbons (Fsp3) is 0.154. The first-order chi connectivity index (χ1) is 9.60. The number of nitrogens with zero attached hydrogens (tertiary/aromatic N) is 2. The van der Waals surface area contributed by atoms with E-state index in [-0.39, 0.29) is 11.4 Å². The summed E-state index contributed by atoms with van der Waals surface area (Å²) in [4.78, 5) is 18.8. The highest BCUT2D eigenvalue weighted by atomic mass is 19.1. The number of nitrogens with one attached hydrogen (secondary N) is 1. The number of rotatable bonds is 5. The number of nitrogens with two attached hydrogens (primary N) is 1. The number of benzene rings is 1. The third-order valence-electron chi connectivity index (χ3n) is 2.58. The largest absolute Gasteiger partial charge is 0.494 e. The maximum Gasteiger partial charge on any atom is 0.268 e. The Hall–Kier alpha value is -2.70. The summed E-state index contributed by atoms with van der Waals surface area (Å²) < 4.78 is 18.3. The Balaban J connectivity index is 2.07. The molecule has 0 aliphatic rings. The second kappa shape index (κ2) is 5.96. The molecule has 0 spiro atoms. The predicted molar refractivity (Wildman–Crippen MR) is 70.8 cm³/mol. The average Bonchev–Trinajstić information content (AvgIpc) is 2.45. The van der Waals surface area contributed by atoms with Crippen molar-refractivity contribution in [3.63, 3.8) is 0 Å². The van der Waals surface area contributed by atoms with Crippen LogP contribution in [0.1, 0.15) is 16.1 Å². The molecule has 1 aromatic carbocycles. The van der Waals surface area contributed by atoms with Crippen LogP contribution in [0.4, 0.5) is 10.2 Å². The Labute approximate surface area is 114 Å². The molecular weight excluding hydrogens is 263 g/mol. The van der Waals surface area contributed by atoms with E-state index in [1.165, 1.54) is 31.6 Å². The minimum absolute atomic E-state index is 0.0657. The summed E-state index contributed by atoms with van der Waals surface area (Å²) in [6, 6.07) is 4.62. The zero-order valence-electron chi connectivity index (χ0n) is 10.8. The van der Waals surface area contributed by atoms with Crippen LogP contribution in [0, 0.1) is 5.82 Å². The third kappa shape index (κ3) is 3.19. The van der Waals surface area contributed by atoms with Gasteiger partial charge in [0.1, 0.15) is 11.5 Å². The summed E-state index contributed by atoms with van der Waals surface area (Å²) >= 11 is 0. The van der Waals surface area contributed by atoms with Crippen LogP contribution in [0.2, 0.25) is 0 Å². The van der Waals surface area contributed by atoms with Gasteiger partial charge in [0.25, 0.3) is 5.91 Å². The zero-order valence-corrected chi connectivity index (χ0v) is 10.8. The van der Waals surface area contributed by atoms with Crippen LogP contribution in [0.3, 0.4) is 0 Å². The highest BCUT2D eigenvalue weighted by molar-refractivity contribution is 5.90. The topological polar surface area (TPSA) is 90.1 Å². The first-order valence-corrected chi connectivity index (χ1v) is 5.78. The summed E-state index contributed by atoms with van der Waals surface area (Å²) in [6.07, 6.45) is 2.73. The lowest BCUT2D eigenvalue weighted by Crippen LogP contribution is -2.14. The number of carbonyl (C=O) groups is 1. The molecule has 104 valence electrons. The van der Waals surface area contributed by atoms with Crippen molar-refractivity contribution in [1.29, 1.82) is 0 Å². The Kier molecular flexibility index (Phi) is 4.09. The van der Waals surface area contributed by atoms with Crippen LogP contribution in [0.15, 0.2) is 30.6 Å². The van der Waals surface area contributed by atoms with Gasteiger partial charge in [-0.3, -0.25) is 9.78 Å². The van der Waals surface area contributed by atoms with E-state index in [9.17, 15) is 9.18 Å². The van der Waals surface area contributed by atoms with E-state index in [1.54, 1.807) is 6.07 Å². The second-order valence-corrected chi connectivity index (χ2v) is 3.98. The predicted octanol–water partition coefficient (Wildman–Crippen LogP) is 1.34. The molecule has 2 rings (SSSR count). The minimum Gasteiger partial charge on any atom is -0.494 e. The second-order valence-electron chi connectivity index (χ2n) is 3.98. The van der Waals surface area contributed by atoms with Gasteiger partial charge in [0.2, 0.25) is 0 Å². The molecule has 1 heterocycles. The number of hydrogen-bond donors (Lipinski definition) is 2. The molecule has 0 radical (unpaired) electrons. The Morgan fingerprint density at radius 3 is 2.90 bits per heavy atom. The Bertz CT molecular complexity index is 634. The van der Waals surface area contributed by atoms with Gasteiger partial charge in [0.15, 0.2) is 11.6 Å². The van der Waals surface area contributed by atoms with E-state index in [1.807, 2.05) is 0 Å². The molecule has 0 unspecified atom stereocenters. The number of halogens is 1. The minimum atomic E-state index is -0.656. The third-order valence-corrected chi connectivity index (χ3v) is 2.58. The van der Waals surface area contributed by atoms with E-state index < -0.39 is 11.7 Å². The summed E-state index contributed by atoms with van der Waals surface area (Å²) in [5.74, 6) is -0.526. The highest BCUT2D eigenvalue weighted by Gasteiger charge is 2.06. The van der Waals surface area contributed by atoms with Crippen LogP contribution in [-0.4, -0.2) is 23.0 Å². The summed E-state index contributed by atoms with van der Waals surface area (Å²) in [5.41, 5.74) is 5.88. The number of carbonyl (C=O) groups excluding carboxylic acids is 1. The van der Waals surface area contributed by atoms with Crippen molar-refractivity contribution >= 4 is 11.7 Å². The molecule has 20 heavy (non-hydrogen) atoms. The zero-order chi connectivity index (χ0) is 14.5. The van der Waals surface area contributed by atoms with Crippen LogP contribution in [-0.2, 0) is 6.54 Å². The molecule has 0 fully saturated rings. The van der Waals surface area contributed by atoms with E-state index in [4.69, 9.17) is 10.5 Å². The summed E-state index contributed by atoms with van der Waals surface area (Å²) in [7, 11) is 1.40. The quantitative estimate of drug-likeness (QED) is 0.860. The summed E-state index contributed by atoms with van der Waals surface area (Å²) in [6.45, 7) is 0.331. The van der Waals surface area contributed by atoms with Crippen LogP contribution >= 0.6 is 0 Å². The van der Waals surface area contributed by atoms with Crippen molar-refractivity contribution < 1.29 is 13.9 Å². The van der Waals surface area contributed by atoms with Gasteiger partial charge in [-0.2, -0.15) is 0 Å². The van der Waals surface area contributed by atoms with Crippen LogP contribution < -0.4 is 15.8 Å². The molecule has 7 heteroatoms. The molecule has 1 amide bonds. The molecule has 6 nitrogen and oxygen atoms in total. The van der Waals surface area contributed by atoms with Crippen molar-refractivity contribution in [1.82, 2.24) is 9.97 Å². The number of primary amides is 1. The van der Waals surface area contributed by atoms with E-state index >= 15 is 0 Å². The van der Waals surface area contributed by atoms with Gasteiger partial charge < -0.3 is 15.8 Å². The smallest absolute Gasteiger partial charge is 0.268 e. The van der Waals surface area contributed by atoms with E-state index in [0.717, 1.165) is 0 Å². The Morgan fingerprint density at radius 2 is 2.25 bits per heavy atom. The molecule has 0 aliphatic carbocycles. The van der Waals surface area contributed by atoms with Gasteiger partial charge in [-0.15, -0.1) is 0 Å². The lowest BCUT2D eigenvalue weighted by molar-refractivity contribution is 0.0995. The van der Waals surface area contributed by atoms with Gasteiger partial charge in [0, 0.05) is 6.54 Å². The van der Waals surface area contributed by atoms with Crippen molar-refractivity contribution in [2.75, 3.05) is 12.4 Å². The number of hydrogen-bond acceptors (Lipinski definition) is 5. The van der Waals surface area contributed by atoms with Gasteiger partial charge in [0.05, 0.1) is 19.5 Å². The molecule has 0 saturated heterocycles. The van der Waals surface area contributed by atoms with Crippen LogP contribution in [0.5, 0.6) is 5.75 Å². The van der Waals surface area contributed by atoms with Crippen LogP contribution in [0.25, 0.3) is 0 Å². The van der Waals surface area contributed by atoms with Gasteiger partial charge in [-0.25, -0.2) is 9.37 Å². The maximum absolute atomic E-state index is 13.5. The number of ether oxygens (including phenoxy) is 1. The molecule has 2 aromatic rings.